The molecule has 144 valence electrons. The number of piperidine rings is 2. The van der Waals surface area contributed by atoms with Gasteiger partial charge in [-0.15, -0.1) is 0 Å². The summed E-state index contributed by atoms with van der Waals surface area (Å²) < 4.78 is 13.1. The zero-order valence-electron chi connectivity index (χ0n) is 15.8. The fraction of sp³-hybridized carbons (Fsp3) is 0.524. The molecule has 0 aliphatic carbocycles. The Morgan fingerprint density at radius 1 is 1.07 bits per heavy atom. The minimum absolute atomic E-state index is 0.000808. The molecule has 0 radical (unpaired) electrons. The summed E-state index contributed by atoms with van der Waals surface area (Å²) in [5, 5.41) is 3.43. The monoisotopic (exact) mass is 370 g/mol. The number of likely N-dealkylation sites (tertiary alicyclic amines) is 1. The van der Waals surface area contributed by atoms with Crippen molar-refractivity contribution in [2.75, 3.05) is 26.2 Å². The standard InChI is InChI=1S/C21H27FN4O/c1-14-19(25-20(24-14)17-2-4-18(22)5-3-17)21(27)26-12-8-16(9-13-26)15-6-10-23-11-7-15/h2-5,15-16,23H,6-13H2,1H3,(H,24,25). The molecule has 27 heavy (non-hydrogen) atoms. The predicted molar refractivity (Wildman–Crippen MR) is 103 cm³/mol. The maximum absolute atomic E-state index is 13.1. The van der Waals surface area contributed by atoms with Crippen LogP contribution >= 0.6 is 0 Å². The number of H-pyrrole nitrogens is 1. The van der Waals surface area contributed by atoms with E-state index >= 15 is 0 Å². The fourth-order valence-electron chi connectivity index (χ4n) is 4.45. The molecule has 3 heterocycles. The van der Waals surface area contributed by atoms with Gasteiger partial charge in [0.1, 0.15) is 17.3 Å². The number of imidazole rings is 1. The molecule has 2 aromatic rings. The van der Waals surface area contributed by atoms with Crippen LogP contribution in [0.15, 0.2) is 24.3 Å². The van der Waals surface area contributed by atoms with Crippen molar-refractivity contribution in [2.45, 2.75) is 32.6 Å². The van der Waals surface area contributed by atoms with Crippen LogP contribution in [0.25, 0.3) is 11.4 Å². The third kappa shape index (κ3) is 3.90. The highest BCUT2D eigenvalue weighted by molar-refractivity contribution is 5.94. The number of hydrogen-bond acceptors (Lipinski definition) is 3. The summed E-state index contributed by atoms with van der Waals surface area (Å²) in [7, 11) is 0. The first-order chi connectivity index (χ1) is 13.1. The third-order valence-electron chi connectivity index (χ3n) is 6.08. The van der Waals surface area contributed by atoms with E-state index in [1.165, 1.54) is 25.0 Å². The van der Waals surface area contributed by atoms with Crippen molar-refractivity contribution in [3.05, 3.63) is 41.5 Å². The molecule has 2 fully saturated rings. The molecule has 1 aromatic carbocycles. The summed E-state index contributed by atoms with van der Waals surface area (Å²) in [6.45, 7) is 5.75. The number of amides is 1. The Morgan fingerprint density at radius 3 is 2.37 bits per heavy atom. The van der Waals surface area contributed by atoms with Crippen LogP contribution in [0.5, 0.6) is 0 Å². The molecule has 0 saturated carbocycles. The molecule has 0 spiro atoms. The molecule has 0 atom stereocenters. The van der Waals surface area contributed by atoms with Crippen LogP contribution in [0.3, 0.4) is 0 Å². The Hall–Kier alpha value is -2.21. The lowest BCUT2D eigenvalue weighted by Crippen LogP contribution is -2.42. The van der Waals surface area contributed by atoms with Crippen molar-refractivity contribution in [3.63, 3.8) is 0 Å². The van der Waals surface area contributed by atoms with Gasteiger partial charge in [0.25, 0.3) is 5.91 Å². The second-order valence-corrected chi connectivity index (χ2v) is 7.78. The first kappa shape index (κ1) is 18.2. The van der Waals surface area contributed by atoms with Crippen LogP contribution in [-0.4, -0.2) is 47.0 Å². The Labute approximate surface area is 159 Å². The largest absolute Gasteiger partial charge is 0.341 e. The number of carbonyl (C=O) groups excluding carboxylic acids is 1. The second-order valence-electron chi connectivity index (χ2n) is 7.78. The van der Waals surface area contributed by atoms with Crippen molar-refractivity contribution in [1.29, 1.82) is 0 Å². The molecule has 1 aromatic heterocycles. The minimum atomic E-state index is -0.282. The number of nitrogens with zero attached hydrogens (tertiary/aromatic N) is 2. The van der Waals surface area contributed by atoms with E-state index in [1.807, 2.05) is 11.8 Å². The van der Waals surface area contributed by atoms with Gasteiger partial charge in [0.15, 0.2) is 0 Å². The number of aromatic amines is 1. The molecule has 0 bridgehead atoms. The number of aryl methyl sites for hydroxylation is 1. The molecule has 1 amide bonds. The van der Waals surface area contributed by atoms with E-state index in [1.54, 1.807) is 12.1 Å². The van der Waals surface area contributed by atoms with Gasteiger partial charge in [-0.2, -0.15) is 0 Å². The lowest BCUT2D eigenvalue weighted by atomic mass is 9.79. The number of halogens is 1. The number of aromatic nitrogens is 2. The maximum Gasteiger partial charge on any atom is 0.274 e. The van der Waals surface area contributed by atoms with Crippen molar-refractivity contribution < 1.29 is 9.18 Å². The number of hydrogen-bond donors (Lipinski definition) is 2. The van der Waals surface area contributed by atoms with Gasteiger partial charge in [-0.3, -0.25) is 4.79 Å². The molecular weight excluding hydrogens is 343 g/mol. The van der Waals surface area contributed by atoms with Crippen molar-refractivity contribution in [2.24, 2.45) is 11.8 Å². The van der Waals surface area contributed by atoms with Gasteiger partial charge in [0.05, 0.1) is 0 Å². The lowest BCUT2D eigenvalue weighted by Gasteiger charge is -2.37. The van der Waals surface area contributed by atoms with E-state index in [2.05, 4.69) is 15.3 Å². The molecular formula is C21H27FN4O. The van der Waals surface area contributed by atoms with Crippen LogP contribution in [0, 0.1) is 24.6 Å². The van der Waals surface area contributed by atoms with Gasteiger partial charge in [0.2, 0.25) is 0 Å². The Balaban J connectivity index is 1.42. The van der Waals surface area contributed by atoms with Gasteiger partial charge in [-0.1, -0.05) is 0 Å². The number of rotatable bonds is 3. The average molecular weight is 370 g/mol. The van der Waals surface area contributed by atoms with E-state index in [-0.39, 0.29) is 11.7 Å². The number of benzene rings is 1. The summed E-state index contributed by atoms with van der Waals surface area (Å²) in [5.74, 6) is 1.88. The third-order valence-corrected chi connectivity index (χ3v) is 6.08. The zero-order chi connectivity index (χ0) is 18.8. The van der Waals surface area contributed by atoms with Gasteiger partial charge in [-0.25, -0.2) is 9.37 Å². The lowest BCUT2D eigenvalue weighted by molar-refractivity contribution is 0.0636. The molecule has 5 nitrogen and oxygen atoms in total. The second kappa shape index (κ2) is 7.80. The smallest absolute Gasteiger partial charge is 0.274 e. The first-order valence-corrected chi connectivity index (χ1v) is 9.94. The quantitative estimate of drug-likeness (QED) is 0.871. The zero-order valence-corrected chi connectivity index (χ0v) is 15.8. The highest BCUT2D eigenvalue weighted by atomic mass is 19.1. The Bertz CT molecular complexity index is 787. The van der Waals surface area contributed by atoms with Gasteiger partial charge in [-0.05, 0) is 81.8 Å². The van der Waals surface area contributed by atoms with Crippen LogP contribution in [0.2, 0.25) is 0 Å². The van der Waals surface area contributed by atoms with E-state index < -0.39 is 0 Å². The van der Waals surface area contributed by atoms with E-state index in [0.717, 1.165) is 62.1 Å². The normalized spacial score (nSPS) is 19.4. The molecule has 2 N–H and O–H groups in total. The maximum atomic E-state index is 13.1. The van der Waals surface area contributed by atoms with Crippen molar-refractivity contribution >= 4 is 5.91 Å². The summed E-state index contributed by atoms with van der Waals surface area (Å²) in [4.78, 5) is 22.6. The summed E-state index contributed by atoms with van der Waals surface area (Å²) >= 11 is 0. The minimum Gasteiger partial charge on any atom is -0.341 e. The highest BCUT2D eigenvalue weighted by Gasteiger charge is 2.30. The van der Waals surface area contributed by atoms with Gasteiger partial charge < -0.3 is 15.2 Å². The molecule has 2 saturated heterocycles. The Morgan fingerprint density at radius 2 is 1.70 bits per heavy atom. The molecule has 6 heteroatoms. The van der Waals surface area contributed by atoms with E-state index in [9.17, 15) is 9.18 Å². The number of carbonyl (C=O) groups is 1. The van der Waals surface area contributed by atoms with Crippen molar-refractivity contribution in [1.82, 2.24) is 20.2 Å². The Kier molecular flexibility index (Phi) is 5.25. The topological polar surface area (TPSA) is 61.0 Å². The SMILES string of the molecule is Cc1[nH]c(-c2ccc(F)cc2)nc1C(=O)N1CCC(C2CCNCC2)CC1. The van der Waals surface area contributed by atoms with Crippen LogP contribution in [-0.2, 0) is 0 Å². The van der Waals surface area contributed by atoms with Crippen LogP contribution in [0.1, 0.15) is 41.9 Å². The fourth-order valence-corrected chi connectivity index (χ4v) is 4.45. The molecule has 2 aliphatic rings. The first-order valence-electron chi connectivity index (χ1n) is 9.94. The van der Waals surface area contributed by atoms with Crippen molar-refractivity contribution in [3.8, 4) is 11.4 Å². The molecule has 4 rings (SSSR count). The summed E-state index contributed by atoms with van der Waals surface area (Å²) in [6.07, 6.45) is 4.70. The average Bonchev–Trinajstić information content (AvgIpc) is 3.10. The summed E-state index contributed by atoms with van der Waals surface area (Å²) in [6, 6.07) is 6.15. The van der Waals surface area contributed by atoms with Crippen LogP contribution in [0.4, 0.5) is 4.39 Å². The predicted octanol–water partition coefficient (Wildman–Crippen LogP) is 3.38. The number of nitrogens with one attached hydrogen (secondary N) is 2. The van der Waals surface area contributed by atoms with E-state index in [4.69, 9.17) is 0 Å². The highest BCUT2D eigenvalue weighted by Crippen LogP contribution is 2.31. The summed E-state index contributed by atoms with van der Waals surface area (Å²) in [5.41, 5.74) is 2.03. The van der Waals surface area contributed by atoms with Gasteiger partial charge >= 0.3 is 0 Å². The van der Waals surface area contributed by atoms with Crippen LogP contribution < -0.4 is 5.32 Å². The molecule has 2 aliphatic heterocycles. The molecule has 0 unspecified atom stereocenters. The van der Waals surface area contributed by atoms with Gasteiger partial charge in [0, 0.05) is 24.3 Å². The van der Waals surface area contributed by atoms with E-state index in [0.29, 0.717) is 11.5 Å².